The molecule has 1 heterocycles. The Balaban J connectivity index is 2.06. The fourth-order valence-electron chi connectivity index (χ4n) is 2.39. The highest BCUT2D eigenvalue weighted by molar-refractivity contribution is 5.29. The highest BCUT2D eigenvalue weighted by atomic mass is 19.3. The fraction of sp³-hybridized carbons (Fsp3) is 0.571. The molecule has 8 heteroatoms. The molecule has 1 aromatic carbocycles. The number of nitrogens with one attached hydrogen (secondary N) is 1. The molecule has 1 aliphatic rings. The summed E-state index contributed by atoms with van der Waals surface area (Å²) >= 11 is 0. The number of aliphatic hydroxyl groups excluding tert-OH is 1. The molecule has 1 atom stereocenters. The summed E-state index contributed by atoms with van der Waals surface area (Å²) in [4.78, 5) is 2.07. The van der Waals surface area contributed by atoms with Crippen molar-refractivity contribution in [1.82, 2.24) is 10.2 Å². The van der Waals surface area contributed by atoms with Gasteiger partial charge in [0.15, 0.2) is 0 Å². The van der Waals surface area contributed by atoms with Crippen molar-refractivity contribution in [2.24, 2.45) is 0 Å². The summed E-state index contributed by atoms with van der Waals surface area (Å²) in [5.74, 6) is -0.342. The number of halogens is 4. The molecule has 4 nitrogen and oxygen atoms in total. The van der Waals surface area contributed by atoms with E-state index < -0.39 is 12.5 Å². The maximum absolute atomic E-state index is 12.8. The molecule has 124 valence electrons. The zero-order chi connectivity index (χ0) is 16.2. The summed E-state index contributed by atoms with van der Waals surface area (Å²) in [7, 11) is 0. The molecule has 22 heavy (non-hydrogen) atoms. The second kappa shape index (κ2) is 7.26. The molecule has 1 aliphatic heterocycles. The van der Waals surface area contributed by atoms with Crippen LogP contribution in [-0.2, 0) is 0 Å². The van der Waals surface area contributed by atoms with Crippen LogP contribution in [0.2, 0.25) is 0 Å². The highest BCUT2D eigenvalue weighted by Crippen LogP contribution is 2.29. The van der Waals surface area contributed by atoms with Crippen LogP contribution < -0.4 is 10.1 Å². The van der Waals surface area contributed by atoms with E-state index in [1.807, 2.05) is 0 Å². The van der Waals surface area contributed by atoms with E-state index in [2.05, 4.69) is 15.0 Å². The first kappa shape index (κ1) is 17.0. The molecule has 0 amide bonds. The molecular formula is C14H18F4N2O2. The predicted molar refractivity (Wildman–Crippen MR) is 72.3 cm³/mol. The number of hydrogen-bond donors (Lipinski definition) is 2. The maximum atomic E-state index is 12.8. The number of ether oxygens (including phenoxy) is 1. The minimum atomic E-state index is -4.52. The van der Waals surface area contributed by atoms with E-state index in [0.717, 1.165) is 31.7 Å². The fourth-order valence-corrected chi connectivity index (χ4v) is 2.39. The summed E-state index contributed by atoms with van der Waals surface area (Å²) in [5.41, 5.74) is 0.720. The minimum Gasteiger partial charge on any atom is -0.428 e. The molecule has 0 aliphatic carbocycles. The number of alkyl halides is 4. The van der Waals surface area contributed by atoms with Gasteiger partial charge in [-0.3, -0.25) is 4.90 Å². The van der Waals surface area contributed by atoms with Crippen LogP contribution in [0.5, 0.6) is 5.75 Å². The topological polar surface area (TPSA) is 44.7 Å². The standard InChI is InChI=1S/C14H18F4N2O2/c15-13(16)14(17,18)22-11-3-1-10(2-4-11)12(9-21)20-7-5-19-6-8-20/h1-4,12-13,19,21H,5-9H2/t12-/m0/s1. The zero-order valence-electron chi connectivity index (χ0n) is 11.8. The van der Waals surface area contributed by atoms with E-state index in [1.165, 1.54) is 24.3 Å². The molecule has 2 N–H and O–H groups in total. The number of rotatable bonds is 6. The number of piperazine rings is 1. The van der Waals surface area contributed by atoms with Gasteiger partial charge in [0.2, 0.25) is 0 Å². The van der Waals surface area contributed by atoms with Gasteiger partial charge >= 0.3 is 12.5 Å². The smallest absolute Gasteiger partial charge is 0.428 e. The summed E-state index contributed by atoms with van der Waals surface area (Å²) in [5, 5.41) is 12.7. The molecule has 0 bridgehead atoms. The normalized spacial score (nSPS) is 18.5. The molecule has 1 saturated heterocycles. The van der Waals surface area contributed by atoms with Crippen molar-refractivity contribution >= 4 is 0 Å². The third-order valence-electron chi connectivity index (χ3n) is 3.54. The largest absolute Gasteiger partial charge is 0.461 e. The van der Waals surface area contributed by atoms with E-state index in [9.17, 15) is 22.7 Å². The number of nitrogens with zero attached hydrogens (tertiary/aromatic N) is 1. The van der Waals surface area contributed by atoms with Gasteiger partial charge in [-0.05, 0) is 17.7 Å². The van der Waals surface area contributed by atoms with Gasteiger partial charge in [-0.1, -0.05) is 12.1 Å². The van der Waals surface area contributed by atoms with Gasteiger partial charge in [0.05, 0.1) is 12.6 Å². The summed E-state index contributed by atoms with van der Waals surface area (Å²) < 4.78 is 53.8. The van der Waals surface area contributed by atoms with Gasteiger partial charge < -0.3 is 15.2 Å². The lowest BCUT2D eigenvalue weighted by atomic mass is 10.1. The van der Waals surface area contributed by atoms with Crippen LogP contribution in [0, 0.1) is 0 Å². The first-order valence-electron chi connectivity index (χ1n) is 6.94. The van der Waals surface area contributed by atoms with Crippen LogP contribution >= 0.6 is 0 Å². The van der Waals surface area contributed by atoms with Crippen molar-refractivity contribution in [1.29, 1.82) is 0 Å². The average Bonchev–Trinajstić information content (AvgIpc) is 2.50. The Hall–Kier alpha value is -1.38. The molecule has 0 aromatic heterocycles. The van der Waals surface area contributed by atoms with Crippen LogP contribution in [0.25, 0.3) is 0 Å². The summed E-state index contributed by atoms with van der Waals surface area (Å²) in [6.45, 7) is 3.00. The Bertz CT molecular complexity index is 464. The molecule has 0 spiro atoms. The Morgan fingerprint density at radius 3 is 2.27 bits per heavy atom. The van der Waals surface area contributed by atoms with E-state index in [0.29, 0.717) is 0 Å². The number of hydrogen-bond acceptors (Lipinski definition) is 4. The molecule has 0 unspecified atom stereocenters. The Kier molecular flexibility index (Phi) is 5.60. The van der Waals surface area contributed by atoms with Crippen molar-refractivity contribution in [2.75, 3.05) is 32.8 Å². The maximum Gasteiger partial charge on any atom is 0.461 e. The van der Waals surface area contributed by atoms with E-state index in [1.54, 1.807) is 0 Å². The lowest BCUT2D eigenvalue weighted by Crippen LogP contribution is -2.46. The second-order valence-electron chi connectivity index (χ2n) is 5.02. The predicted octanol–water partition coefficient (Wildman–Crippen LogP) is 1.86. The van der Waals surface area contributed by atoms with Crippen molar-refractivity contribution in [3.05, 3.63) is 29.8 Å². The molecule has 1 aromatic rings. The van der Waals surface area contributed by atoms with E-state index in [4.69, 9.17) is 0 Å². The van der Waals surface area contributed by atoms with Gasteiger partial charge in [0.1, 0.15) is 5.75 Å². The minimum absolute atomic E-state index is 0.118. The monoisotopic (exact) mass is 322 g/mol. The van der Waals surface area contributed by atoms with Crippen molar-refractivity contribution < 1.29 is 27.4 Å². The molecule has 2 rings (SSSR count). The van der Waals surface area contributed by atoms with Crippen LogP contribution in [0.3, 0.4) is 0 Å². The van der Waals surface area contributed by atoms with Gasteiger partial charge in [-0.15, -0.1) is 0 Å². The van der Waals surface area contributed by atoms with Crippen LogP contribution in [-0.4, -0.2) is 55.3 Å². The van der Waals surface area contributed by atoms with Gasteiger partial charge in [0, 0.05) is 26.2 Å². The quantitative estimate of drug-likeness (QED) is 0.785. The number of benzene rings is 1. The lowest BCUT2D eigenvalue weighted by Gasteiger charge is -2.34. The molecule has 0 saturated carbocycles. The van der Waals surface area contributed by atoms with Crippen molar-refractivity contribution in [3.63, 3.8) is 0 Å². The molecular weight excluding hydrogens is 304 g/mol. The molecule has 1 fully saturated rings. The van der Waals surface area contributed by atoms with Crippen molar-refractivity contribution in [3.8, 4) is 5.75 Å². The number of aliphatic hydroxyl groups is 1. The van der Waals surface area contributed by atoms with Crippen LogP contribution in [0.15, 0.2) is 24.3 Å². The van der Waals surface area contributed by atoms with E-state index >= 15 is 0 Å². The summed E-state index contributed by atoms with van der Waals surface area (Å²) in [6.07, 6.45) is -8.41. The SMILES string of the molecule is OC[C@@H](c1ccc(OC(F)(F)C(F)F)cc1)N1CCNCC1. The average molecular weight is 322 g/mol. The lowest BCUT2D eigenvalue weighted by molar-refractivity contribution is -0.253. The zero-order valence-corrected chi connectivity index (χ0v) is 11.8. The van der Waals surface area contributed by atoms with Gasteiger partial charge in [-0.25, -0.2) is 0 Å². The Morgan fingerprint density at radius 2 is 1.77 bits per heavy atom. The van der Waals surface area contributed by atoms with Crippen LogP contribution in [0.1, 0.15) is 11.6 Å². The van der Waals surface area contributed by atoms with Crippen LogP contribution in [0.4, 0.5) is 17.6 Å². The van der Waals surface area contributed by atoms with Gasteiger partial charge in [0.25, 0.3) is 0 Å². The Labute approximate surface area is 125 Å². The summed E-state index contributed by atoms with van der Waals surface area (Å²) in [6, 6.07) is 5.15. The van der Waals surface area contributed by atoms with Gasteiger partial charge in [-0.2, -0.15) is 17.6 Å². The van der Waals surface area contributed by atoms with Crippen molar-refractivity contribution in [2.45, 2.75) is 18.6 Å². The first-order chi connectivity index (χ1) is 10.4. The third kappa shape index (κ3) is 4.08. The second-order valence-corrected chi connectivity index (χ2v) is 5.02. The molecule has 0 radical (unpaired) electrons. The van der Waals surface area contributed by atoms with E-state index in [-0.39, 0.29) is 18.4 Å². The highest BCUT2D eigenvalue weighted by Gasteiger charge is 2.43. The third-order valence-corrected chi connectivity index (χ3v) is 3.54. The Morgan fingerprint density at radius 1 is 1.18 bits per heavy atom. The first-order valence-corrected chi connectivity index (χ1v) is 6.94.